The van der Waals surface area contributed by atoms with Crippen LogP contribution in [0.25, 0.3) is 11.5 Å². The van der Waals surface area contributed by atoms with E-state index in [2.05, 4.69) is 15.5 Å². The number of nitrogens with zero attached hydrogens (tertiary/aromatic N) is 2. The lowest BCUT2D eigenvalue weighted by Crippen LogP contribution is -2.31. The predicted octanol–water partition coefficient (Wildman–Crippen LogP) is 2.93. The topological polar surface area (TPSA) is 94.3 Å². The van der Waals surface area contributed by atoms with Crippen molar-refractivity contribution in [2.75, 3.05) is 12.9 Å². The lowest BCUT2D eigenvalue weighted by Gasteiger charge is -2.04. The summed E-state index contributed by atoms with van der Waals surface area (Å²) in [5.41, 5.74) is 0.903. The van der Waals surface area contributed by atoms with Gasteiger partial charge in [0.05, 0.1) is 12.9 Å². The van der Waals surface area contributed by atoms with Gasteiger partial charge in [-0.2, -0.15) is 0 Å². The van der Waals surface area contributed by atoms with Crippen molar-refractivity contribution in [3.05, 3.63) is 59.9 Å². The van der Waals surface area contributed by atoms with Gasteiger partial charge in [-0.25, -0.2) is 4.39 Å². The Balaban J connectivity index is 1.53. The zero-order chi connectivity index (χ0) is 19.2. The standard InChI is InChI=1S/C18H14FN3O4S/c1-25-14-8-4-11(5-9-14)16(24)20-15(23)10-27-18-22-21-17(26-18)12-2-6-13(19)7-3-12/h2-9H,10H2,1H3,(H,20,23,24). The number of halogens is 1. The van der Waals surface area contributed by atoms with E-state index < -0.39 is 11.8 Å². The van der Waals surface area contributed by atoms with Crippen LogP contribution in [0.1, 0.15) is 10.4 Å². The van der Waals surface area contributed by atoms with Crippen LogP contribution in [0, 0.1) is 5.82 Å². The Morgan fingerprint density at radius 2 is 1.81 bits per heavy atom. The third-order valence-electron chi connectivity index (χ3n) is 3.43. The van der Waals surface area contributed by atoms with Crippen LogP contribution >= 0.6 is 11.8 Å². The second-order valence-corrected chi connectivity index (χ2v) is 6.20. The lowest BCUT2D eigenvalue weighted by atomic mass is 10.2. The summed E-state index contributed by atoms with van der Waals surface area (Å²) in [7, 11) is 1.52. The smallest absolute Gasteiger partial charge is 0.277 e. The number of imide groups is 1. The van der Waals surface area contributed by atoms with Crippen LogP contribution in [0.4, 0.5) is 4.39 Å². The Hall–Kier alpha value is -3.20. The molecule has 27 heavy (non-hydrogen) atoms. The molecule has 0 radical (unpaired) electrons. The Bertz CT molecular complexity index is 942. The van der Waals surface area contributed by atoms with E-state index in [1.165, 1.54) is 31.4 Å². The number of hydrogen-bond acceptors (Lipinski definition) is 7. The van der Waals surface area contributed by atoms with E-state index in [1.54, 1.807) is 24.3 Å². The van der Waals surface area contributed by atoms with Crippen molar-refractivity contribution < 1.29 is 23.1 Å². The minimum absolute atomic E-state index is 0.0764. The van der Waals surface area contributed by atoms with Crippen LogP contribution in [-0.4, -0.2) is 34.9 Å². The van der Waals surface area contributed by atoms with Gasteiger partial charge in [-0.3, -0.25) is 14.9 Å². The number of methoxy groups -OCH3 is 1. The van der Waals surface area contributed by atoms with Crippen molar-refractivity contribution >= 4 is 23.6 Å². The molecule has 0 atom stereocenters. The summed E-state index contributed by atoms with van der Waals surface area (Å²) >= 11 is 0.992. The maximum atomic E-state index is 12.9. The first kappa shape index (κ1) is 18.6. The molecule has 2 aromatic carbocycles. The van der Waals surface area contributed by atoms with Gasteiger partial charge in [-0.1, -0.05) is 11.8 Å². The second-order valence-electron chi connectivity index (χ2n) is 5.27. The second kappa shape index (κ2) is 8.45. The fraction of sp³-hybridized carbons (Fsp3) is 0.111. The Morgan fingerprint density at radius 1 is 1.11 bits per heavy atom. The monoisotopic (exact) mass is 387 g/mol. The summed E-state index contributed by atoms with van der Waals surface area (Å²) in [4.78, 5) is 23.9. The maximum absolute atomic E-state index is 12.9. The van der Waals surface area contributed by atoms with Gasteiger partial charge in [0, 0.05) is 11.1 Å². The van der Waals surface area contributed by atoms with Crippen molar-refractivity contribution in [3.8, 4) is 17.2 Å². The molecule has 3 rings (SSSR count). The van der Waals surface area contributed by atoms with Gasteiger partial charge >= 0.3 is 0 Å². The van der Waals surface area contributed by atoms with E-state index in [4.69, 9.17) is 9.15 Å². The van der Waals surface area contributed by atoms with Crippen LogP contribution in [0.3, 0.4) is 0 Å². The Morgan fingerprint density at radius 3 is 2.48 bits per heavy atom. The molecule has 1 aromatic heterocycles. The molecule has 0 aliphatic rings. The number of aromatic nitrogens is 2. The summed E-state index contributed by atoms with van der Waals surface area (Å²) in [6.07, 6.45) is 0. The highest BCUT2D eigenvalue weighted by Crippen LogP contribution is 2.23. The quantitative estimate of drug-likeness (QED) is 0.650. The van der Waals surface area contributed by atoms with E-state index >= 15 is 0 Å². The molecule has 0 fully saturated rings. The molecule has 0 saturated carbocycles. The van der Waals surface area contributed by atoms with Crippen molar-refractivity contribution in [3.63, 3.8) is 0 Å². The number of ether oxygens (including phenoxy) is 1. The van der Waals surface area contributed by atoms with Crippen LogP contribution in [0.5, 0.6) is 5.75 Å². The van der Waals surface area contributed by atoms with Crippen LogP contribution in [0.15, 0.2) is 58.2 Å². The van der Waals surface area contributed by atoms with Crippen molar-refractivity contribution in [2.45, 2.75) is 5.22 Å². The summed E-state index contributed by atoms with van der Waals surface area (Å²) in [5.74, 6) is -0.629. The zero-order valence-corrected chi connectivity index (χ0v) is 15.0. The average Bonchev–Trinajstić information content (AvgIpc) is 3.16. The molecule has 0 spiro atoms. The Kier molecular flexibility index (Phi) is 5.82. The highest BCUT2D eigenvalue weighted by Gasteiger charge is 2.14. The molecule has 0 saturated heterocycles. The van der Waals surface area contributed by atoms with Gasteiger partial charge in [-0.05, 0) is 48.5 Å². The summed E-state index contributed by atoms with van der Waals surface area (Å²) < 4.78 is 23.4. The minimum atomic E-state index is -0.513. The molecule has 2 amide bonds. The molecule has 0 bridgehead atoms. The number of amides is 2. The Labute approximate surface area is 157 Å². The molecule has 7 nitrogen and oxygen atoms in total. The van der Waals surface area contributed by atoms with Gasteiger partial charge in [-0.15, -0.1) is 10.2 Å². The molecular weight excluding hydrogens is 373 g/mol. The largest absolute Gasteiger partial charge is 0.497 e. The van der Waals surface area contributed by atoms with Gasteiger partial charge in [0.1, 0.15) is 11.6 Å². The first-order valence-corrected chi connectivity index (χ1v) is 8.74. The zero-order valence-electron chi connectivity index (χ0n) is 14.1. The third kappa shape index (κ3) is 4.91. The number of carbonyl (C=O) groups excluding carboxylic acids is 2. The van der Waals surface area contributed by atoms with Crippen molar-refractivity contribution in [2.24, 2.45) is 0 Å². The van der Waals surface area contributed by atoms with E-state index in [-0.39, 0.29) is 22.7 Å². The van der Waals surface area contributed by atoms with E-state index in [1.807, 2.05) is 0 Å². The fourth-order valence-corrected chi connectivity index (χ4v) is 2.64. The normalized spacial score (nSPS) is 10.4. The van der Waals surface area contributed by atoms with Crippen LogP contribution in [-0.2, 0) is 4.79 Å². The lowest BCUT2D eigenvalue weighted by molar-refractivity contribution is -0.117. The van der Waals surface area contributed by atoms with Gasteiger partial charge in [0.15, 0.2) is 0 Å². The molecule has 0 unspecified atom stereocenters. The number of hydrogen-bond donors (Lipinski definition) is 1. The van der Waals surface area contributed by atoms with Gasteiger partial charge < -0.3 is 9.15 Å². The third-order valence-corrected chi connectivity index (χ3v) is 4.25. The molecule has 9 heteroatoms. The number of benzene rings is 2. The number of thioether (sulfide) groups is 1. The van der Waals surface area contributed by atoms with Gasteiger partial charge in [0.25, 0.3) is 11.1 Å². The van der Waals surface area contributed by atoms with E-state index in [0.717, 1.165) is 11.8 Å². The molecule has 0 aliphatic carbocycles. The molecular formula is C18H14FN3O4S. The van der Waals surface area contributed by atoms with Crippen LogP contribution in [0.2, 0.25) is 0 Å². The summed E-state index contributed by atoms with van der Waals surface area (Å²) in [5, 5.41) is 10.1. The highest BCUT2D eigenvalue weighted by atomic mass is 32.2. The average molecular weight is 387 g/mol. The number of rotatable bonds is 6. The molecule has 1 N–H and O–H groups in total. The first-order chi connectivity index (χ1) is 13.0. The number of carbonyl (C=O) groups is 2. The minimum Gasteiger partial charge on any atom is -0.497 e. The SMILES string of the molecule is COc1ccc(C(=O)NC(=O)CSc2nnc(-c3ccc(F)cc3)o2)cc1. The number of nitrogens with one attached hydrogen (secondary N) is 1. The summed E-state index contributed by atoms with van der Waals surface area (Å²) in [6, 6.07) is 12.0. The van der Waals surface area contributed by atoms with Gasteiger partial charge in [0.2, 0.25) is 11.8 Å². The van der Waals surface area contributed by atoms with Crippen molar-refractivity contribution in [1.29, 1.82) is 0 Å². The van der Waals surface area contributed by atoms with Crippen molar-refractivity contribution in [1.82, 2.24) is 15.5 Å². The molecule has 1 heterocycles. The fourth-order valence-electron chi connectivity index (χ4n) is 2.08. The van der Waals surface area contributed by atoms with Crippen LogP contribution < -0.4 is 10.1 Å². The molecule has 138 valence electrons. The van der Waals surface area contributed by atoms with E-state index in [9.17, 15) is 14.0 Å². The summed E-state index contributed by atoms with van der Waals surface area (Å²) in [6.45, 7) is 0. The predicted molar refractivity (Wildman–Crippen MR) is 95.9 cm³/mol. The maximum Gasteiger partial charge on any atom is 0.277 e. The molecule has 0 aliphatic heterocycles. The first-order valence-electron chi connectivity index (χ1n) is 7.75. The highest BCUT2D eigenvalue weighted by molar-refractivity contribution is 7.99. The molecule has 3 aromatic rings. The van der Waals surface area contributed by atoms with E-state index in [0.29, 0.717) is 16.9 Å².